The minimum absolute atomic E-state index is 0.0117. The van der Waals surface area contributed by atoms with Gasteiger partial charge in [-0.3, -0.25) is 10.1 Å². The van der Waals surface area contributed by atoms with E-state index in [0.717, 1.165) is 12.1 Å². The van der Waals surface area contributed by atoms with Crippen molar-refractivity contribution in [1.82, 2.24) is 5.32 Å². The Kier molecular flexibility index (Phi) is 9.36. The van der Waals surface area contributed by atoms with Gasteiger partial charge in [-0.1, -0.05) is 6.07 Å². The number of alkyl halides is 6. The summed E-state index contributed by atoms with van der Waals surface area (Å²) in [7, 11) is 0.154. The molecule has 0 fully saturated rings. The smallest absolute Gasteiger partial charge is 0.490 e. The van der Waals surface area contributed by atoms with Gasteiger partial charge in [0.15, 0.2) is 0 Å². The number of carbonyl (C=O) groups excluding carboxylic acids is 1. The van der Waals surface area contributed by atoms with Crippen molar-refractivity contribution >= 4 is 18.9 Å². The summed E-state index contributed by atoms with van der Waals surface area (Å²) in [4.78, 5) is 10.1. The Bertz CT molecular complexity index is 1090. The largest absolute Gasteiger partial charge is 0.573 e. The number of hydrogen-bond donors (Lipinski definition) is 2. The van der Waals surface area contributed by atoms with Crippen molar-refractivity contribution in [3.05, 3.63) is 53.1 Å². The van der Waals surface area contributed by atoms with Gasteiger partial charge in [0.05, 0.1) is 19.1 Å². The maximum absolute atomic E-state index is 12.9. The Morgan fingerprint density at radius 1 is 1.17 bits per heavy atom. The molecular weight excluding hydrogens is 497 g/mol. The highest BCUT2D eigenvalue weighted by atomic mass is 19.4. The number of halogens is 6. The second kappa shape index (κ2) is 11.6. The molecule has 194 valence electrons. The van der Waals surface area contributed by atoms with E-state index in [-0.39, 0.29) is 35.7 Å². The van der Waals surface area contributed by atoms with Crippen LogP contribution in [-0.4, -0.2) is 50.2 Å². The lowest BCUT2D eigenvalue weighted by atomic mass is 9.75. The van der Waals surface area contributed by atoms with Crippen molar-refractivity contribution in [2.45, 2.75) is 38.0 Å². The fourth-order valence-corrected chi connectivity index (χ4v) is 3.03. The predicted molar refractivity (Wildman–Crippen MR) is 116 cm³/mol. The molecular formula is C22H21BF6N2O5. The van der Waals surface area contributed by atoms with Gasteiger partial charge < -0.3 is 19.2 Å². The molecule has 36 heavy (non-hydrogen) atoms. The molecule has 1 aliphatic rings. The summed E-state index contributed by atoms with van der Waals surface area (Å²) in [6.45, 7) is 1.48. The molecule has 0 spiro atoms. The second-order valence-corrected chi connectivity index (χ2v) is 7.79. The number of fused-ring (bicyclic) bond motifs is 1. The Labute approximate surface area is 202 Å². The third kappa shape index (κ3) is 8.44. The van der Waals surface area contributed by atoms with Crippen LogP contribution >= 0.6 is 0 Å². The highest BCUT2D eigenvalue weighted by molar-refractivity contribution is 6.62. The first-order valence-electron chi connectivity index (χ1n) is 10.3. The number of nitriles is 1. The summed E-state index contributed by atoms with van der Waals surface area (Å²) >= 11 is 0. The Morgan fingerprint density at radius 3 is 2.31 bits per heavy atom. The molecule has 2 aromatic carbocycles. The van der Waals surface area contributed by atoms with Crippen molar-refractivity contribution in [2.75, 3.05) is 13.7 Å². The summed E-state index contributed by atoms with van der Waals surface area (Å²) < 4.78 is 87.6. The topological polar surface area (TPSA) is 101 Å². The van der Waals surface area contributed by atoms with Gasteiger partial charge in [0, 0.05) is 11.1 Å². The molecule has 2 aromatic rings. The van der Waals surface area contributed by atoms with Gasteiger partial charge in [-0.2, -0.15) is 18.4 Å². The Hall–Kier alpha value is -3.28. The van der Waals surface area contributed by atoms with Gasteiger partial charge in [-0.05, 0) is 55.3 Å². The van der Waals surface area contributed by atoms with Gasteiger partial charge in [0.25, 0.3) is 0 Å². The molecule has 0 aromatic heterocycles. The molecule has 0 saturated carbocycles. The SMILES string of the molecule is CNC(C)(C#N)COc1ccc2c(c1CC(F)(F)F)B(O)OC2.O=Cc1ccc(OC(F)(F)F)cc1. The quantitative estimate of drug-likeness (QED) is 0.330. The zero-order valence-electron chi connectivity index (χ0n) is 19.0. The fraction of sp³-hybridized carbons (Fsp3) is 0.364. The van der Waals surface area contributed by atoms with Gasteiger partial charge in [0.2, 0.25) is 0 Å². The molecule has 0 radical (unpaired) electrons. The highest BCUT2D eigenvalue weighted by Gasteiger charge is 2.38. The van der Waals surface area contributed by atoms with E-state index in [1.54, 1.807) is 20.0 Å². The van der Waals surface area contributed by atoms with Crippen LogP contribution in [0.15, 0.2) is 36.4 Å². The van der Waals surface area contributed by atoms with E-state index >= 15 is 0 Å². The lowest BCUT2D eigenvalue weighted by Crippen LogP contribution is -2.44. The summed E-state index contributed by atoms with van der Waals surface area (Å²) in [5.74, 6) is -0.347. The monoisotopic (exact) mass is 518 g/mol. The first-order chi connectivity index (χ1) is 16.7. The molecule has 0 aliphatic carbocycles. The lowest BCUT2D eigenvalue weighted by Gasteiger charge is -2.23. The van der Waals surface area contributed by atoms with E-state index in [0.29, 0.717) is 17.4 Å². The van der Waals surface area contributed by atoms with Crippen LogP contribution in [0, 0.1) is 11.3 Å². The van der Waals surface area contributed by atoms with Crippen molar-refractivity contribution in [2.24, 2.45) is 0 Å². The second-order valence-electron chi connectivity index (χ2n) is 7.79. The van der Waals surface area contributed by atoms with Crippen LogP contribution in [0.1, 0.15) is 28.4 Å². The van der Waals surface area contributed by atoms with Crippen LogP contribution in [0.4, 0.5) is 26.3 Å². The number of nitrogens with one attached hydrogen (secondary N) is 1. The number of aldehydes is 1. The number of ether oxygens (including phenoxy) is 2. The van der Waals surface area contributed by atoms with E-state index < -0.39 is 31.6 Å². The molecule has 14 heteroatoms. The van der Waals surface area contributed by atoms with E-state index in [1.165, 1.54) is 18.2 Å². The van der Waals surface area contributed by atoms with Gasteiger partial charge in [-0.15, -0.1) is 13.2 Å². The fourth-order valence-electron chi connectivity index (χ4n) is 3.03. The van der Waals surface area contributed by atoms with Crippen LogP contribution in [0.25, 0.3) is 0 Å². The zero-order valence-corrected chi connectivity index (χ0v) is 19.0. The molecule has 1 aliphatic heterocycles. The van der Waals surface area contributed by atoms with Crippen molar-refractivity contribution in [1.29, 1.82) is 5.26 Å². The molecule has 7 nitrogen and oxygen atoms in total. The van der Waals surface area contributed by atoms with Crippen LogP contribution in [0.3, 0.4) is 0 Å². The van der Waals surface area contributed by atoms with Gasteiger partial charge in [-0.25, -0.2) is 0 Å². The summed E-state index contributed by atoms with van der Waals surface area (Å²) in [6.07, 6.45) is -9.86. The van der Waals surface area contributed by atoms with Gasteiger partial charge in [0.1, 0.15) is 29.9 Å². The molecule has 0 saturated heterocycles. The third-order valence-electron chi connectivity index (χ3n) is 4.99. The zero-order chi connectivity index (χ0) is 27.1. The summed E-state index contributed by atoms with van der Waals surface area (Å²) in [5.41, 5.74) is -0.293. The minimum Gasteiger partial charge on any atom is -0.490 e. The van der Waals surface area contributed by atoms with Crippen LogP contribution in [0.5, 0.6) is 11.5 Å². The molecule has 0 bridgehead atoms. The predicted octanol–water partition coefficient (Wildman–Crippen LogP) is 3.29. The van der Waals surface area contributed by atoms with Crippen molar-refractivity contribution < 1.29 is 50.3 Å². The molecule has 3 rings (SSSR count). The summed E-state index contributed by atoms with van der Waals surface area (Å²) in [6, 6.07) is 9.62. The maximum Gasteiger partial charge on any atom is 0.573 e. The van der Waals surface area contributed by atoms with E-state index in [2.05, 4.69) is 10.1 Å². The van der Waals surface area contributed by atoms with Gasteiger partial charge >= 0.3 is 19.7 Å². The standard InChI is InChI=1S/C14H16BF3N2O3.C8H5F3O2/c1-13(7-19,20-2)8-22-11-4-3-9-6-23-15(21)12(9)10(11)5-14(16,17)18;9-8(10,11)13-7-3-1-6(5-12)2-4-7/h3-4,20-21H,5-6,8H2,1-2H3;1-5H. The summed E-state index contributed by atoms with van der Waals surface area (Å²) in [5, 5.41) is 21.6. The van der Waals surface area contributed by atoms with Crippen LogP contribution in [0.2, 0.25) is 0 Å². The molecule has 0 amide bonds. The number of benzene rings is 2. The first kappa shape index (κ1) is 29.0. The van der Waals surface area contributed by atoms with Crippen molar-refractivity contribution in [3.8, 4) is 17.6 Å². The van der Waals surface area contributed by atoms with Crippen LogP contribution in [-0.2, 0) is 17.7 Å². The number of carbonyl (C=O) groups is 1. The Balaban J connectivity index is 0.000000297. The van der Waals surface area contributed by atoms with Crippen molar-refractivity contribution in [3.63, 3.8) is 0 Å². The molecule has 2 N–H and O–H groups in total. The molecule has 1 heterocycles. The first-order valence-corrected chi connectivity index (χ1v) is 10.3. The minimum atomic E-state index is -4.69. The average Bonchev–Trinajstić information content (AvgIpc) is 3.18. The van der Waals surface area contributed by atoms with E-state index in [1.807, 2.05) is 6.07 Å². The van der Waals surface area contributed by atoms with E-state index in [4.69, 9.17) is 14.7 Å². The molecule has 1 unspecified atom stereocenters. The average molecular weight is 518 g/mol. The van der Waals surface area contributed by atoms with E-state index in [9.17, 15) is 36.2 Å². The third-order valence-corrected chi connectivity index (χ3v) is 4.99. The highest BCUT2D eigenvalue weighted by Crippen LogP contribution is 2.30. The van der Waals surface area contributed by atoms with Crippen LogP contribution < -0.4 is 20.3 Å². The number of hydrogen-bond acceptors (Lipinski definition) is 7. The number of nitrogens with zero attached hydrogens (tertiary/aromatic N) is 1. The number of rotatable bonds is 7. The normalized spacial score (nSPS) is 14.6. The lowest BCUT2D eigenvalue weighted by molar-refractivity contribution is -0.274. The maximum atomic E-state index is 12.9. The Morgan fingerprint density at radius 2 is 1.81 bits per heavy atom. The molecule has 1 atom stereocenters. The number of likely N-dealkylation sites (N-methyl/N-ethyl adjacent to an activating group) is 1.